The van der Waals surface area contributed by atoms with E-state index in [4.69, 9.17) is 9.47 Å². The first-order chi connectivity index (χ1) is 14.1. The average Bonchev–Trinajstić information content (AvgIpc) is 3.47. The van der Waals surface area contributed by atoms with Crippen molar-refractivity contribution < 1.29 is 19.1 Å². The highest BCUT2D eigenvalue weighted by molar-refractivity contribution is 7.99. The number of amides is 2. The van der Waals surface area contributed by atoms with Gasteiger partial charge in [-0.3, -0.25) is 9.59 Å². The van der Waals surface area contributed by atoms with E-state index in [0.717, 1.165) is 18.4 Å². The van der Waals surface area contributed by atoms with Gasteiger partial charge in [0.15, 0.2) is 11.5 Å². The second kappa shape index (κ2) is 8.37. The Balaban J connectivity index is 1.68. The highest BCUT2D eigenvalue weighted by Crippen LogP contribution is 2.44. The fourth-order valence-corrected chi connectivity index (χ4v) is 4.89. The van der Waals surface area contributed by atoms with E-state index < -0.39 is 6.04 Å². The highest BCUT2D eigenvalue weighted by Gasteiger charge is 2.43. The third-order valence-corrected chi connectivity index (χ3v) is 6.50. The number of nitrogens with zero attached hydrogens (tertiary/aromatic N) is 1. The summed E-state index contributed by atoms with van der Waals surface area (Å²) in [5.74, 6) is 1.56. The van der Waals surface area contributed by atoms with Crippen LogP contribution in [0.25, 0.3) is 0 Å². The molecule has 0 aromatic heterocycles. The molecule has 4 rings (SSSR count). The SMILES string of the molecule is COc1ccc(C2SCC(C(=O)NC3CC3)N2C(=O)c2ccccc2)cc1OC. The van der Waals surface area contributed by atoms with Crippen LogP contribution < -0.4 is 14.8 Å². The van der Waals surface area contributed by atoms with Gasteiger partial charge in [-0.2, -0.15) is 0 Å². The third kappa shape index (κ3) is 4.05. The molecule has 2 aromatic rings. The van der Waals surface area contributed by atoms with Crippen molar-refractivity contribution in [2.75, 3.05) is 20.0 Å². The lowest BCUT2D eigenvalue weighted by Crippen LogP contribution is -2.48. The van der Waals surface area contributed by atoms with Crippen molar-refractivity contribution in [3.05, 3.63) is 59.7 Å². The molecule has 1 heterocycles. The number of thioether (sulfide) groups is 1. The number of hydrogen-bond donors (Lipinski definition) is 1. The molecule has 6 nitrogen and oxygen atoms in total. The van der Waals surface area contributed by atoms with Crippen molar-refractivity contribution >= 4 is 23.6 Å². The molecular weight excluding hydrogens is 388 g/mol. The van der Waals surface area contributed by atoms with E-state index >= 15 is 0 Å². The number of rotatable bonds is 6. The number of benzene rings is 2. The van der Waals surface area contributed by atoms with Gasteiger partial charge < -0.3 is 19.7 Å². The highest BCUT2D eigenvalue weighted by atomic mass is 32.2. The number of methoxy groups -OCH3 is 2. The largest absolute Gasteiger partial charge is 0.493 e. The van der Waals surface area contributed by atoms with E-state index in [9.17, 15) is 9.59 Å². The van der Waals surface area contributed by atoms with Gasteiger partial charge in [-0.25, -0.2) is 0 Å². The first kappa shape index (κ1) is 19.6. The van der Waals surface area contributed by atoms with E-state index in [1.807, 2.05) is 36.4 Å². The Morgan fingerprint density at radius 3 is 2.41 bits per heavy atom. The molecule has 152 valence electrons. The van der Waals surface area contributed by atoms with Gasteiger partial charge in [0.25, 0.3) is 5.91 Å². The molecule has 1 N–H and O–H groups in total. The minimum absolute atomic E-state index is 0.0766. The molecule has 7 heteroatoms. The number of carbonyl (C=O) groups excluding carboxylic acids is 2. The normalized spacial score (nSPS) is 21.0. The Kier molecular flexibility index (Phi) is 5.67. The van der Waals surface area contributed by atoms with Gasteiger partial charge >= 0.3 is 0 Å². The lowest BCUT2D eigenvalue weighted by molar-refractivity contribution is -0.125. The summed E-state index contributed by atoms with van der Waals surface area (Å²) < 4.78 is 10.8. The van der Waals surface area contributed by atoms with Crippen LogP contribution in [-0.2, 0) is 4.79 Å². The van der Waals surface area contributed by atoms with Crippen LogP contribution in [0.4, 0.5) is 0 Å². The maximum atomic E-state index is 13.4. The Hall–Kier alpha value is -2.67. The number of hydrogen-bond acceptors (Lipinski definition) is 5. The molecule has 2 aliphatic rings. The van der Waals surface area contributed by atoms with Crippen LogP contribution in [0.2, 0.25) is 0 Å². The average molecular weight is 413 g/mol. The Labute approximate surface area is 174 Å². The second-order valence-corrected chi connectivity index (χ2v) is 8.29. The topological polar surface area (TPSA) is 67.9 Å². The van der Waals surface area contributed by atoms with Gasteiger partial charge in [-0.1, -0.05) is 24.3 Å². The molecule has 0 bridgehead atoms. The zero-order valence-electron chi connectivity index (χ0n) is 16.5. The summed E-state index contributed by atoms with van der Waals surface area (Å²) in [5.41, 5.74) is 1.48. The molecule has 0 spiro atoms. The van der Waals surface area contributed by atoms with Gasteiger partial charge in [0, 0.05) is 17.4 Å². The zero-order valence-corrected chi connectivity index (χ0v) is 17.3. The van der Waals surface area contributed by atoms with Crippen molar-refractivity contribution in [3.63, 3.8) is 0 Å². The van der Waals surface area contributed by atoms with Crippen molar-refractivity contribution in [1.82, 2.24) is 10.2 Å². The van der Waals surface area contributed by atoms with Crippen LogP contribution in [-0.4, -0.2) is 48.8 Å². The van der Waals surface area contributed by atoms with E-state index in [2.05, 4.69) is 5.32 Å². The summed E-state index contributed by atoms with van der Waals surface area (Å²) in [6.07, 6.45) is 2.02. The van der Waals surface area contributed by atoms with Gasteiger partial charge in [0.1, 0.15) is 11.4 Å². The van der Waals surface area contributed by atoms with Crippen LogP contribution in [0.1, 0.15) is 34.1 Å². The van der Waals surface area contributed by atoms with E-state index in [0.29, 0.717) is 22.8 Å². The van der Waals surface area contributed by atoms with Crippen LogP contribution in [0.5, 0.6) is 11.5 Å². The smallest absolute Gasteiger partial charge is 0.255 e. The molecule has 2 aromatic carbocycles. The molecular formula is C22H24N2O4S. The predicted octanol–water partition coefficient (Wildman–Crippen LogP) is 3.24. The molecule has 1 saturated heterocycles. The summed E-state index contributed by atoms with van der Waals surface area (Å²) in [7, 11) is 3.17. The predicted molar refractivity (Wildman–Crippen MR) is 112 cm³/mol. The monoisotopic (exact) mass is 412 g/mol. The summed E-state index contributed by atoms with van der Waals surface area (Å²) in [5, 5.41) is 2.77. The first-order valence-electron chi connectivity index (χ1n) is 9.64. The summed E-state index contributed by atoms with van der Waals surface area (Å²) in [6.45, 7) is 0. The number of ether oxygens (including phenoxy) is 2. The molecule has 2 amide bonds. The first-order valence-corrected chi connectivity index (χ1v) is 10.7. The number of nitrogens with one attached hydrogen (secondary N) is 1. The molecule has 0 radical (unpaired) electrons. The minimum atomic E-state index is -0.508. The standard InChI is InChI=1S/C22H24N2O4S/c1-27-18-11-8-15(12-19(18)28-2)22-24(21(26)14-6-4-3-5-7-14)17(13-29-22)20(25)23-16-9-10-16/h3-8,11-12,16-17,22H,9-10,13H2,1-2H3,(H,23,25). The van der Waals surface area contributed by atoms with Crippen LogP contribution in [0, 0.1) is 0 Å². The Bertz CT molecular complexity index is 901. The molecule has 2 atom stereocenters. The van der Waals surface area contributed by atoms with E-state index in [-0.39, 0.29) is 23.2 Å². The summed E-state index contributed by atoms with van der Waals surface area (Å²) in [6, 6.07) is 14.5. The Morgan fingerprint density at radius 2 is 1.76 bits per heavy atom. The molecule has 2 fully saturated rings. The second-order valence-electron chi connectivity index (χ2n) is 7.18. The van der Waals surface area contributed by atoms with E-state index in [1.165, 1.54) is 0 Å². The third-order valence-electron chi connectivity index (χ3n) is 5.17. The van der Waals surface area contributed by atoms with Crippen LogP contribution >= 0.6 is 11.8 Å². The van der Waals surface area contributed by atoms with Crippen molar-refractivity contribution in [2.24, 2.45) is 0 Å². The zero-order chi connectivity index (χ0) is 20.4. The molecule has 1 saturated carbocycles. The van der Waals surface area contributed by atoms with Crippen molar-refractivity contribution in [3.8, 4) is 11.5 Å². The van der Waals surface area contributed by atoms with Gasteiger partial charge in [-0.15, -0.1) is 11.8 Å². The molecule has 1 aliphatic heterocycles. The maximum absolute atomic E-state index is 13.4. The lowest BCUT2D eigenvalue weighted by atomic mass is 10.1. The van der Waals surface area contributed by atoms with Crippen LogP contribution in [0.3, 0.4) is 0 Å². The fraction of sp³-hybridized carbons (Fsp3) is 0.364. The lowest BCUT2D eigenvalue weighted by Gasteiger charge is -2.29. The van der Waals surface area contributed by atoms with E-state index in [1.54, 1.807) is 43.0 Å². The quantitative estimate of drug-likeness (QED) is 0.789. The Morgan fingerprint density at radius 1 is 1.03 bits per heavy atom. The van der Waals surface area contributed by atoms with Crippen molar-refractivity contribution in [2.45, 2.75) is 30.3 Å². The summed E-state index contributed by atoms with van der Waals surface area (Å²) in [4.78, 5) is 28.0. The van der Waals surface area contributed by atoms with Gasteiger partial charge in [-0.05, 0) is 42.7 Å². The van der Waals surface area contributed by atoms with Crippen LogP contribution in [0.15, 0.2) is 48.5 Å². The summed E-state index contributed by atoms with van der Waals surface area (Å²) >= 11 is 1.59. The van der Waals surface area contributed by atoms with Gasteiger partial charge in [0.2, 0.25) is 5.91 Å². The molecule has 29 heavy (non-hydrogen) atoms. The minimum Gasteiger partial charge on any atom is -0.493 e. The van der Waals surface area contributed by atoms with Gasteiger partial charge in [0.05, 0.1) is 14.2 Å². The maximum Gasteiger partial charge on any atom is 0.255 e. The fourth-order valence-electron chi connectivity index (χ4n) is 3.47. The van der Waals surface area contributed by atoms with Crippen molar-refractivity contribution in [1.29, 1.82) is 0 Å². The number of carbonyl (C=O) groups is 2. The molecule has 1 aliphatic carbocycles. The molecule has 2 unspecified atom stereocenters.